The first-order valence-electron chi connectivity index (χ1n) is 6.59. The van der Waals surface area contributed by atoms with Crippen LogP contribution >= 0.6 is 0 Å². The van der Waals surface area contributed by atoms with Crippen molar-refractivity contribution in [2.75, 3.05) is 26.2 Å². The van der Waals surface area contributed by atoms with Crippen molar-refractivity contribution in [3.8, 4) is 0 Å². The lowest BCUT2D eigenvalue weighted by molar-refractivity contribution is -0.0107. The van der Waals surface area contributed by atoms with E-state index in [0.717, 1.165) is 0 Å². The number of β-amino-alcohol motifs (C(OH)–C–C–N with tert-alkyl or cyclic N) is 1. The number of carbonyl (C=O) groups excluding carboxylic acids is 1. The lowest BCUT2D eigenvalue weighted by Crippen LogP contribution is -2.59. The number of aliphatic hydroxyl groups excluding tert-OH is 1. The van der Waals surface area contributed by atoms with Crippen LogP contribution in [0.4, 0.5) is 4.79 Å². The van der Waals surface area contributed by atoms with Crippen LogP contribution in [0.15, 0.2) is 0 Å². The number of ether oxygens (including phenoxy) is 1. The van der Waals surface area contributed by atoms with Crippen LogP contribution in [0.25, 0.3) is 0 Å². The van der Waals surface area contributed by atoms with Crippen LogP contribution in [0.1, 0.15) is 34.6 Å². The monoisotopic (exact) mass is 258 g/mol. The van der Waals surface area contributed by atoms with E-state index in [0.29, 0.717) is 19.6 Å². The Bertz CT molecular complexity index is 276. The second-order valence-corrected chi connectivity index (χ2v) is 6.04. The Morgan fingerprint density at radius 1 is 1.28 bits per heavy atom. The smallest absolute Gasteiger partial charge is 0.410 e. The Labute approximate surface area is 110 Å². The van der Waals surface area contributed by atoms with E-state index in [-0.39, 0.29) is 24.8 Å². The quantitative estimate of drug-likeness (QED) is 0.811. The molecule has 5 heteroatoms. The highest BCUT2D eigenvalue weighted by Crippen LogP contribution is 2.18. The summed E-state index contributed by atoms with van der Waals surface area (Å²) >= 11 is 0. The van der Waals surface area contributed by atoms with E-state index in [4.69, 9.17) is 9.84 Å². The maximum Gasteiger partial charge on any atom is 0.410 e. The molecular formula is C13H26N2O3. The molecule has 0 aliphatic carbocycles. The van der Waals surface area contributed by atoms with Crippen LogP contribution in [0.5, 0.6) is 0 Å². The standard InChI is InChI=1S/C13H26N2O3/c1-10-8-14(12(17)18-13(3,4)5)9-11(2)15(10)6-7-16/h10-11,16H,6-9H2,1-5H3. The zero-order valence-corrected chi connectivity index (χ0v) is 12.1. The summed E-state index contributed by atoms with van der Waals surface area (Å²) in [5.74, 6) is 0. The first kappa shape index (κ1) is 15.2. The summed E-state index contributed by atoms with van der Waals surface area (Å²) in [4.78, 5) is 16.0. The predicted molar refractivity (Wildman–Crippen MR) is 70.5 cm³/mol. The fourth-order valence-electron chi connectivity index (χ4n) is 2.39. The SMILES string of the molecule is CC1CN(C(=O)OC(C)(C)C)CC(C)N1CCO. The highest BCUT2D eigenvalue weighted by Gasteiger charge is 2.33. The molecule has 1 N–H and O–H groups in total. The van der Waals surface area contributed by atoms with Gasteiger partial charge < -0.3 is 14.7 Å². The van der Waals surface area contributed by atoms with Gasteiger partial charge in [-0.1, -0.05) is 0 Å². The molecule has 106 valence electrons. The molecule has 5 nitrogen and oxygen atoms in total. The number of piperazine rings is 1. The molecule has 2 atom stereocenters. The molecule has 0 radical (unpaired) electrons. The highest BCUT2D eigenvalue weighted by atomic mass is 16.6. The zero-order chi connectivity index (χ0) is 13.9. The number of amides is 1. The molecule has 1 fully saturated rings. The third kappa shape index (κ3) is 4.14. The number of nitrogens with zero attached hydrogens (tertiary/aromatic N) is 2. The van der Waals surface area contributed by atoms with Gasteiger partial charge in [-0.05, 0) is 34.6 Å². The Kier molecular flexibility index (Phi) is 4.99. The van der Waals surface area contributed by atoms with Crippen LogP contribution in [0, 0.1) is 0 Å². The summed E-state index contributed by atoms with van der Waals surface area (Å²) < 4.78 is 5.39. The molecule has 0 aromatic carbocycles. The molecule has 0 spiro atoms. The molecule has 1 aliphatic rings. The number of rotatable bonds is 2. The molecule has 0 bridgehead atoms. The Hall–Kier alpha value is -0.810. The van der Waals surface area contributed by atoms with Gasteiger partial charge >= 0.3 is 6.09 Å². The molecule has 1 aliphatic heterocycles. The lowest BCUT2D eigenvalue weighted by atomic mass is 10.1. The van der Waals surface area contributed by atoms with E-state index < -0.39 is 5.60 Å². The summed E-state index contributed by atoms with van der Waals surface area (Å²) in [6.07, 6.45) is -0.246. The lowest BCUT2D eigenvalue weighted by Gasteiger charge is -2.44. The second-order valence-electron chi connectivity index (χ2n) is 6.04. The van der Waals surface area contributed by atoms with Crippen molar-refractivity contribution in [3.63, 3.8) is 0 Å². The highest BCUT2D eigenvalue weighted by molar-refractivity contribution is 5.68. The minimum absolute atomic E-state index is 0.154. The number of hydrogen-bond acceptors (Lipinski definition) is 4. The summed E-state index contributed by atoms with van der Waals surface area (Å²) in [7, 11) is 0. The van der Waals surface area contributed by atoms with E-state index in [1.807, 2.05) is 20.8 Å². The second kappa shape index (κ2) is 5.89. The summed E-state index contributed by atoms with van der Waals surface area (Å²) in [6, 6.07) is 0.488. The van der Waals surface area contributed by atoms with E-state index in [2.05, 4.69) is 18.7 Å². The summed E-state index contributed by atoms with van der Waals surface area (Å²) in [6.45, 7) is 11.9. The fraction of sp³-hybridized carbons (Fsp3) is 0.923. The van der Waals surface area contributed by atoms with Crippen molar-refractivity contribution >= 4 is 6.09 Å². The fourth-order valence-corrected chi connectivity index (χ4v) is 2.39. The van der Waals surface area contributed by atoms with E-state index >= 15 is 0 Å². The van der Waals surface area contributed by atoms with Crippen LogP contribution in [-0.4, -0.2) is 64.9 Å². The van der Waals surface area contributed by atoms with Crippen LogP contribution in [0.2, 0.25) is 0 Å². The Morgan fingerprint density at radius 3 is 2.17 bits per heavy atom. The number of aliphatic hydroxyl groups is 1. The van der Waals surface area contributed by atoms with Crippen LogP contribution in [0.3, 0.4) is 0 Å². The van der Waals surface area contributed by atoms with Gasteiger partial charge in [-0.2, -0.15) is 0 Å². The van der Waals surface area contributed by atoms with Gasteiger partial charge in [-0.3, -0.25) is 4.90 Å². The number of hydrogen-bond donors (Lipinski definition) is 1. The first-order chi connectivity index (χ1) is 8.24. The molecule has 0 aromatic rings. The van der Waals surface area contributed by atoms with Gasteiger partial charge in [0.25, 0.3) is 0 Å². The van der Waals surface area contributed by atoms with Crippen LogP contribution < -0.4 is 0 Å². The maximum atomic E-state index is 12.0. The van der Waals surface area contributed by atoms with Gasteiger partial charge in [-0.15, -0.1) is 0 Å². The minimum atomic E-state index is -0.453. The minimum Gasteiger partial charge on any atom is -0.444 e. The normalized spacial score (nSPS) is 26.2. The van der Waals surface area contributed by atoms with E-state index in [1.54, 1.807) is 4.90 Å². The molecule has 18 heavy (non-hydrogen) atoms. The van der Waals surface area contributed by atoms with E-state index in [1.165, 1.54) is 0 Å². The molecule has 1 saturated heterocycles. The van der Waals surface area contributed by atoms with Crippen molar-refractivity contribution in [1.82, 2.24) is 9.80 Å². The molecular weight excluding hydrogens is 232 g/mol. The zero-order valence-electron chi connectivity index (χ0n) is 12.1. The molecule has 2 unspecified atom stereocenters. The maximum absolute atomic E-state index is 12.0. The van der Waals surface area contributed by atoms with Crippen molar-refractivity contribution in [2.24, 2.45) is 0 Å². The largest absolute Gasteiger partial charge is 0.444 e. The Morgan fingerprint density at radius 2 is 1.78 bits per heavy atom. The molecule has 1 heterocycles. The average molecular weight is 258 g/mol. The Balaban J connectivity index is 2.59. The van der Waals surface area contributed by atoms with Gasteiger partial charge in [0.05, 0.1) is 6.61 Å². The van der Waals surface area contributed by atoms with E-state index in [9.17, 15) is 4.79 Å². The predicted octanol–water partition coefficient (Wildman–Crippen LogP) is 1.31. The van der Waals surface area contributed by atoms with Crippen molar-refractivity contribution in [2.45, 2.75) is 52.3 Å². The van der Waals surface area contributed by atoms with Crippen molar-refractivity contribution < 1.29 is 14.6 Å². The topological polar surface area (TPSA) is 53.0 Å². The average Bonchev–Trinajstić information content (AvgIpc) is 2.20. The third-order valence-electron chi connectivity index (χ3n) is 3.11. The van der Waals surface area contributed by atoms with Crippen molar-refractivity contribution in [1.29, 1.82) is 0 Å². The van der Waals surface area contributed by atoms with Crippen molar-refractivity contribution in [3.05, 3.63) is 0 Å². The van der Waals surface area contributed by atoms with Gasteiger partial charge in [0.2, 0.25) is 0 Å². The van der Waals surface area contributed by atoms with Gasteiger partial charge in [0, 0.05) is 31.7 Å². The van der Waals surface area contributed by atoms with Gasteiger partial charge in [-0.25, -0.2) is 4.79 Å². The molecule has 0 saturated carbocycles. The molecule has 0 aromatic heterocycles. The molecule has 1 amide bonds. The summed E-state index contributed by atoms with van der Waals surface area (Å²) in [5.41, 5.74) is -0.453. The first-order valence-corrected chi connectivity index (χ1v) is 6.59. The van der Waals surface area contributed by atoms with Gasteiger partial charge in [0.1, 0.15) is 5.60 Å². The summed E-state index contributed by atoms with van der Waals surface area (Å²) in [5, 5.41) is 9.04. The van der Waals surface area contributed by atoms with Gasteiger partial charge in [0.15, 0.2) is 0 Å². The number of carbonyl (C=O) groups is 1. The van der Waals surface area contributed by atoms with Crippen LogP contribution in [-0.2, 0) is 4.74 Å². The molecule has 1 rings (SSSR count). The third-order valence-corrected chi connectivity index (χ3v) is 3.11.